The van der Waals surface area contributed by atoms with E-state index in [1.807, 2.05) is 0 Å². The van der Waals surface area contributed by atoms with Gasteiger partial charge >= 0.3 is 5.97 Å². The predicted octanol–water partition coefficient (Wildman–Crippen LogP) is 1.86. The Labute approximate surface area is 117 Å². The number of likely N-dealkylation sites (tertiary alicyclic amines) is 1. The fourth-order valence-electron chi connectivity index (χ4n) is 2.44. The summed E-state index contributed by atoms with van der Waals surface area (Å²) in [6.07, 6.45) is 2.01. The predicted molar refractivity (Wildman–Crippen MR) is 73.4 cm³/mol. The zero-order valence-corrected chi connectivity index (χ0v) is 11.3. The molecule has 2 unspecified atom stereocenters. The molecule has 1 N–H and O–H groups in total. The van der Waals surface area contributed by atoms with Gasteiger partial charge in [-0.1, -0.05) is 18.2 Å². The average Bonchev–Trinajstić information content (AvgIpc) is 2.80. The molecule has 5 nitrogen and oxygen atoms in total. The molecule has 2 rings (SSSR count). The van der Waals surface area contributed by atoms with E-state index in [2.05, 4.69) is 6.58 Å². The van der Waals surface area contributed by atoms with Crippen LogP contribution in [-0.2, 0) is 9.59 Å². The standard InChI is InChI=1S/C15H17NO4/c1-3-10-7-13(17)16(9-10)14(15(18)19)11-5-4-6-12(8-11)20-2/h3-6,8,10,14H,1,7,9H2,2H3,(H,18,19). The van der Waals surface area contributed by atoms with E-state index >= 15 is 0 Å². The molecule has 5 heteroatoms. The number of nitrogens with zero attached hydrogens (tertiary/aromatic N) is 1. The zero-order valence-electron chi connectivity index (χ0n) is 11.3. The Kier molecular flexibility index (Phi) is 4.08. The fraction of sp³-hybridized carbons (Fsp3) is 0.333. The van der Waals surface area contributed by atoms with Crippen molar-refractivity contribution in [1.29, 1.82) is 0 Å². The maximum Gasteiger partial charge on any atom is 0.331 e. The first-order valence-electron chi connectivity index (χ1n) is 6.35. The summed E-state index contributed by atoms with van der Waals surface area (Å²) in [6.45, 7) is 4.05. The molecule has 2 atom stereocenters. The van der Waals surface area contributed by atoms with Crippen molar-refractivity contribution in [3.8, 4) is 5.75 Å². The van der Waals surface area contributed by atoms with Crippen LogP contribution in [0.1, 0.15) is 18.0 Å². The monoisotopic (exact) mass is 275 g/mol. The van der Waals surface area contributed by atoms with Gasteiger partial charge in [0.05, 0.1) is 7.11 Å². The van der Waals surface area contributed by atoms with E-state index in [4.69, 9.17) is 4.74 Å². The van der Waals surface area contributed by atoms with Crippen molar-refractivity contribution in [3.05, 3.63) is 42.5 Å². The van der Waals surface area contributed by atoms with E-state index in [9.17, 15) is 14.7 Å². The lowest BCUT2D eigenvalue weighted by Gasteiger charge is -2.25. The minimum Gasteiger partial charge on any atom is -0.497 e. The Morgan fingerprint density at radius 2 is 2.35 bits per heavy atom. The lowest BCUT2D eigenvalue weighted by atomic mass is 10.1. The van der Waals surface area contributed by atoms with E-state index in [1.165, 1.54) is 12.0 Å². The van der Waals surface area contributed by atoms with E-state index < -0.39 is 12.0 Å². The van der Waals surface area contributed by atoms with Crippen LogP contribution in [0.15, 0.2) is 36.9 Å². The Morgan fingerprint density at radius 1 is 1.60 bits per heavy atom. The highest BCUT2D eigenvalue weighted by molar-refractivity contribution is 5.86. The van der Waals surface area contributed by atoms with Crippen LogP contribution in [0, 0.1) is 5.92 Å². The number of hydrogen-bond donors (Lipinski definition) is 1. The molecule has 0 aromatic heterocycles. The average molecular weight is 275 g/mol. The van der Waals surface area contributed by atoms with Gasteiger partial charge in [-0.15, -0.1) is 6.58 Å². The summed E-state index contributed by atoms with van der Waals surface area (Å²) in [6, 6.07) is 5.81. The van der Waals surface area contributed by atoms with E-state index in [0.717, 1.165) is 0 Å². The van der Waals surface area contributed by atoms with Gasteiger partial charge in [-0.2, -0.15) is 0 Å². The van der Waals surface area contributed by atoms with Crippen LogP contribution in [0.2, 0.25) is 0 Å². The van der Waals surface area contributed by atoms with Crippen LogP contribution < -0.4 is 4.74 Å². The third-order valence-electron chi connectivity index (χ3n) is 3.48. The van der Waals surface area contributed by atoms with Gasteiger partial charge in [-0.3, -0.25) is 4.79 Å². The molecule has 1 amide bonds. The third-order valence-corrected chi connectivity index (χ3v) is 3.48. The van der Waals surface area contributed by atoms with E-state index in [0.29, 0.717) is 24.3 Å². The number of benzene rings is 1. The first-order chi connectivity index (χ1) is 9.56. The summed E-state index contributed by atoms with van der Waals surface area (Å²) in [5, 5.41) is 9.47. The second kappa shape index (κ2) is 5.77. The molecular weight excluding hydrogens is 258 g/mol. The number of methoxy groups -OCH3 is 1. The first kappa shape index (κ1) is 14.1. The van der Waals surface area contributed by atoms with Crippen molar-refractivity contribution >= 4 is 11.9 Å². The Morgan fingerprint density at radius 3 is 2.90 bits per heavy atom. The van der Waals surface area contributed by atoms with Crippen molar-refractivity contribution < 1.29 is 19.4 Å². The summed E-state index contributed by atoms with van der Waals surface area (Å²) >= 11 is 0. The SMILES string of the molecule is C=CC1CC(=O)N(C(C(=O)O)c2cccc(OC)c2)C1. The summed E-state index contributed by atoms with van der Waals surface area (Å²) in [5.41, 5.74) is 0.537. The van der Waals surface area contributed by atoms with Gasteiger partial charge in [0.25, 0.3) is 0 Å². The molecule has 1 aromatic rings. The minimum atomic E-state index is -1.05. The van der Waals surface area contributed by atoms with Crippen molar-refractivity contribution in [2.24, 2.45) is 5.92 Å². The molecule has 0 bridgehead atoms. The second-order valence-electron chi connectivity index (χ2n) is 4.76. The topological polar surface area (TPSA) is 66.8 Å². The van der Waals surface area contributed by atoms with E-state index in [-0.39, 0.29) is 11.8 Å². The van der Waals surface area contributed by atoms with Crippen LogP contribution in [0.3, 0.4) is 0 Å². The number of aliphatic carboxylic acids is 1. The molecule has 1 aliphatic rings. The van der Waals surface area contributed by atoms with Gasteiger partial charge in [0, 0.05) is 18.9 Å². The van der Waals surface area contributed by atoms with Crippen molar-refractivity contribution in [2.75, 3.05) is 13.7 Å². The number of carbonyl (C=O) groups is 2. The van der Waals surface area contributed by atoms with Gasteiger partial charge in [-0.25, -0.2) is 4.79 Å². The molecule has 106 valence electrons. The van der Waals surface area contributed by atoms with Gasteiger partial charge in [0.1, 0.15) is 5.75 Å². The molecule has 1 aromatic carbocycles. The molecule has 1 aliphatic heterocycles. The van der Waals surface area contributed by atoms with Crippen LogP contribution in [0.5, 0.6) is 5.75 Å². The van der Waals surface area contributed by atoms with Gasteiger partial charge < -0.3 is 14.7 Å². The maximum atomic E-state index is 12.0. The molecule has 20 heavy (non-hydrogen) atoms. The lowest BCUT2D eigenvalue weighted by Crippen LogP contribution is -2.35. The number of carboxylic acid groups (broad SMARTS) is 1. The highest BCUT2D eigenvalue weighted by atomic mass is 16.5. The molecule has 0 spiro atoms. The Balaban J connectivity index is 2.34. The van der Waals surface area contributed by atoms with Crippen LogP contribution in [-0.4, -0.2) is 35.5 Å². The zero-order chi connectivity index (χ0) is 14.7. The number of ether oxygens (including phenoxy) is 1. The Bertz CT molecular complexity index is 540. The number of carboxylic acids is 1. The quantitative estimate of drug-likeness (QED) is 0.833. The van der Waals surface area contributed by atoms with Crippen molar-refractivity contribution in [2.45, 2.75) is 12.5 Å². The second-order valence-corrected chi connectivity index (χ2v) is 4.76. The summed E-state index contributed by atoms with van der Waals surface area (Å²) in [7, 11) is 1.52. The van der Waals surface area contributed by atoms with Crippen LogP contribution in [0.4, 0.5) is 0 Å². The summed E-state index contributed by atoms with van der Waals surface area (Å²) in [4.78, 5) is 25.0. The van der Waals surface area contributed by atoms with Crippen LogP contribution >= 0.6 is 0 Å². The maximum absolute atomic E-state index is 12.0. The highest BCUT2D eigenvalue weighted by Crippen LogP contribution is 2.30. The molecular formula is C15H17NO4. The smallest absolute Gasteiger partial charge is 0.331 e. The normalized spacial score (nSPS) is 19.8. The number of amides is 1. The molecule has 0 radical (unpaired) electrons. The van der Waals surface area contributed by atoms with Gasteiger partial charge in [0.2, 0.25) is 5.91 Å². The van der Waals surface area contributed by atoms with E-state index in [1.54, 1.807) is 30.3 Å². The van der Waals surface area contributed by atoms with Crippen molar-refractivity contribution in [3.63, 3.8) is 0 Å². The molecule has 1 fully saturated rings. The molecule has 0 aliphatic carbocycles. The van der Waals surface area contributed by atoms with Gasteiger partial charge in [-0.05, 0) is 17.7 Å². The number of carbonyl (C=O) groups excluding carboxylic acids is 1. The van der Waals surface area contributed by atoms with Gasteiger partial charge in [0.15, 0.2) is 6.04 Å². The lowest BCUT2D eigenvalue weighted by molar-refractivity contribution is -0.148. The highest BCUT2D eigenvalue weighted by Gasteiger charge is 2.37. The number of rotatable bonds is 5. The molecule has 0 saturated carbocycles. The largest absolute Gasteiger partial charge is 0.497 e. The molecule has 1 saturated heterocycles. The summed E-state index contributed by atoms with van der Waals surface area (Å²) < 4.78 is 5.10. The Hall–Kier alpha value is -2.30. The van der Waals surface area contributed by atoms with Crippen molar-refractivity contribution in [1.82, 2.24) is 4.90 Å². The fourth-order valence-corrected chi connectivity index (χ4v) is 2.44. The molecule has 1 heterocycles. The third kappa shape index (κ3) is 2.66. The summed E-state index contributed by atoms with van der Waals surface area (Å²) in [5.74, 6) is -0.628. The first-order valence-corrected chi connectivity index (χ1v) is 6.35. The number of hydrogen-bond acceptors (Lipinski definition) is 3. The van der Waals surface area contributed by atoms with Crippen LogP contribution in [0.25, 0.3) is 0 Å². The minimum absolute atomic E-state index is 0.00922.